The molecule has 3 rings (SSSR count). The third kappa shape index (κ3) is 3.53. The van der Waals surface area contributed by atoms with E-state index in [1.54, 1.807) is 12.1 Å². The Kier molecular flexibility index (Phi) is 4.83. The summed E-state index contributed by atoms with van der Waals surface area (Å²) >= 11 is 0. The van der Waals surface area contributed by atoms with Gasteiger partial charge in [0.05, 0.1) is 19.3 Å². The Hall–Kier alpha value is -1.75. The van der Waals surface area contributed by atoms with E-state index in [4.69, 9.17) is 9.84 Å². The van der Waals surface area contributed by atoms with E-state index in [1.165, 1.54) is 11.6 Å². The largest absolute Gasteiger partial charge is 0.392 e. The van der Waals surface area contributed by atoms with E-state index in [0.29, 0.717) is 18.7 Å². The number of aliphatic hydroxyl groups excluding tert-OH is 1. The summed E-state index contributed by atoms with van der Waals surface area (Å²) in [6, 6.07) is 14.7. The summed E-state index contributed by atoms with van der Waals surface area (Å²) in [5, 5.41) is 9.07. The van der Waals surface area contributed by atoms with Crippen LogP contribution < -0.4 is 0 Å². The van der Waals surface area contributed by atoms with Gasteiger partial charge >= 0.3 is 0 Å². The van der Waals surface area contributed by atoms with Crippen molar-refractivity contribution in [2.45, 2.75) is 19.3 Å². The van der Waals surface area contributed by atoms with Crippen LogP contribution in [0.3, 0.4) is 0 Å². The zero-order chi connectivity index (χ0) is 15.4. The van der Waals surface area contributed by atoms with Crippen LogP contribution in [-0.2, 0) is 17.9 Å². The van der Waals surface area contributed by atoms with Crippen molar-refractivity contribution in [2.75, 3.05) is 19.7 Å². The highest BCUT2D eigenvalue weighted by Gasteiger charge is 2.24. The molecule has 2 aromatic carbocycles. The van der Waals surface area contributed by atoms with Crippen LogP contribution >= 0.6 is 0 Å². The Labute approximate surface area is 130 Å². The zero-order valence-corrected chi connectivity index (χ0v) is 12.4. The lowest BCUT2D eigenvalue weighted by Gasteiger charge is -2.33. The fourth-order valence-electron chi connectivity index (χ4n) is 2.78. The maximum absolute atomic E-state index is 13.9. The van der Waals surface area contributed by atoms with Gasteiger partial charge in [0.2, 0.25) is 0 Å². The predicted molar refractivity (Wildman–Crippen MR) is 82.7 cm³/mol. The molecule has 0 aromatic heterocycles. The summed E-state index contributed by atoms with van der Waals surface area (Å²) in [6.45, 7) is 3.00. The van der Waals surface area contributed by atoms with E-state index >= 15 is 0 Å². The van der Waals surface area contributed by atoms with Crippen LogP contribution in [0.2, 0.25) is 0 Å². The third-order valence-electron chi connectivity index (χ3n) is 4.01. The van der Waals surface area contributed by atoms with Gasteiger partial charge in [-0.25, -0.2) is 4.39 Å². The molecule has 1 heterocycles. The number of ether oxygens (including phenoxy) is 1. The van der Waals surface area contributed by atoms with Crippen LogP contribution in [0, 0.1) is 5.82 Å². The minimum atomic E-state index is -0.216. The average Bonchev–Trinajstić information content (AvgIpc) is 2.56. The number of nitrogens with zero attached hydrogens (tertiary/aromatic N) is 1. The molecule has 0 aliphatic carbocycles. The minimum absolute atomic E-state index is 0.0627. The molecule has 1 unspecified atom stereocenters. The number of aliphatic hydroxyl groups is 1. The number of benzene rings is 2. The SMILES string of the molecule is OCc1ccc(CN2CCOC(c3ccccc3F)C2)cc1. The summed E-state index contributed by atoms with van der Waals surface area (Å²) in [6.07, 6.45) is -0.216. The van der Waals surface area contributed by atoms with Crippen molar-refractivity contribution in [2.24, 2.45) is 0 Å². The quantitative estimate of drug-likeness (QED) is 0.942. The van der Waals surface area contributed by atoms with Gasteiger partial charge in [0.15, 0.2) is 0 Å². The van der Waals surface area contributed by atoms with E-state index in [-0.39, 0.29) is 18.5 Å². The van der Waals surface area contributed by atoms with Crippen LogP contribution in [0.1, 0.15) is 22.8 Å². The molecule has 1 aliphatic rings. The smallest absolute Gasteiger partial charge is 0.129 e. The van der Waals surface area contributed by atoms with Crippen molar-refractivity contribution in [1.82, 2.24) is 4.90 Å². The van der Waals surface area contributed by atoms with Gasteiger partial charge in [-0.15, -0.1) is 0 Å². The Balaban J connectivity index is 1.66. The monoisotopic (exact) mass is 301 g/mol. The van der Waals surface area contributed by atoms with Crippen molar-refractivity contribution in [1.29, 1.82) is 0 Å². The second-order valence-electron chi connectivity index (χ2n) is 5.59. The van der Waals surface area contributed by atoms with E-state index in [0.717, 1.165) is 18.7 Å². The lowest BCUT2D eigenvalue weighted by atomic mass is 10.1. The molecule has 2 aromatic rings. The van der Waals surface area contributed by atoms with Gasteiger partial charge in [0.1, 0.15) is 5.82 Å². The second kappa shape index (κ2) is 7.01. The highest BCUT2D eigenvalue weighted by Crippen LogP contribution is 2.25. The molecule has 22 heavy (non-hydrogen) atoms. The van der Waals surface area contributed by atoms with Crippen molar-refractivity contribution >= 4 is 0 Å². The molecule has 1 N–H and O–H groups in total. The van der Waals surface area contributed by atoms with E-state index in [1.807, 2.05) is 30.3 Å². The Morgan fingerprint density at radius 2 is 1.82 bits per heavy atom. The number of hydrogen-bond donors (Lipinski definition) is 1. The maximum Gasteiger partial charge on any atom is 0.129 e. The summed E-state index contributed by atoms with van der Waals surface area (Å²) in [5.41, 5.74) is 2.73. The first kappa shape index (κ1) is 15.2. The molecule has 3 nitrogen and oxygen atoms in total. The number of halogens is 1. The molecule has 116 valence electrons. The van der Waals surface area contributed by atoms with Gasteiger partial charge < -0.3 is 9.84 Å². The standard InChI is InChI=1S/C18H20FNO2/c19-17-4-2-1-3-16(17)18-12-20(9-10-22-18)11-14-5-7-15(13-21)8-6-14/h1-8,18,21H,9-13H2. The van der Waals surface area contributed by atoms with Crippen molar-refractivity contribution in [3.05, 3.63) is 71.0 Å². The lowest BCUT2D eigenvalue weighted by Crippen LogP contribution is -2.38. The average molecular weight is 301 g/mol. The number of morpholine rings is 1. The highest BCUT2D eigenvalue weighted by atomic mass is 19.1. The Morgan fingerprint density at radius 1 is 1.09 bits per heavy atom. The fourth-order valence-corrected chi connectivity index (χ4v) is 2.78. The summed E-state index contributed by atoms with van der Waals surface area (Å²) in [4.78, 5) is 2.27. The van der Waals surface area contributed by atoms with E-state index < -0.39 is 0 Å². The second-order valence-corrected chi connectivity index (χ2v) is 5.59. The van der Waals surface area contributed by atoms with Crippen molar-refractivity contribution in [3.8, 4) is 0 Å². The summed E-state index contributed by atoms with van der Waals surface area (Å²) in [5.74, 6) is -0.207. The molecule has 1 saturated heterocycles. The van der Waals surface area contributed by atoms with Crippen molar-refractivity contribution in [3.63, 3.8) is 0 Å². The van der Waals surface area contributed by atoms with Crippen molar-refractivity contribution < 1.29 is 14.2 Å². The molecule has 0 spiro atoms. The molecule has 0 saturated carbocycles. The van der Waals surface area contributed by atoms with Gasteiger partial charge in [0.25, 0.3) is 0 Å². The van der Waals surface area contributed by atoms with Gasteiger partial charge in [-0.2, -0.15) is 0 Å². The number of rotatable bonds is 4. The molecule has 0 radical (unpaired) electrons. The summed E-state index contributed by atoms with van der Waals surface area (Å²) in [7, 11) is 0. The van der Waals surface area contributed by atoms with E-state index in [9.17, 15) is 4.39 Å². The fraction of sp³-hybridized carbons (Fsp3) is 0.333. The van der Waals surface area contributed by atoms with Gasteiger partial charge in [-0.05, 0) is 17.2 Å². The van der Waals surface area contributed by atoms with Gasteiger partial charge in [-0.3, -0.25) is 4.90 Å². The molecule has 4 heteroatoms. The lowest BCUT2D eigenvalue weighted by molar-refractivity contribution is -0.0344. The summed E-state index contributed by atoms with van der Waals surface area (Å²) < 4.78 is 19.6. The maximum atomic E-state index is 13.9. The van der Waals surface area contributed by atoms with Gasteiger partial charge in [0, 0.05) is 25.2 Å². The Morgan fingerprint density at radius 3 is 2.55 bits per heavy atom. The molecule has 1 aliphatic heterocycles. The molecule has 1 fully saturated rings. The first-order valence-electron chi connectivity index (χ1n) is 7.53. The van der Waals surface area contributed by atoms with Gasteiger partial charge in [-0.1, -0.05) is 42.5 Å². The Bertz CT molecular complexity index is 615. The van der Waals surface area contributed by atoms with Crippen LogP contribution in [0.4, 0.5) is 4.39 Å². The zero-order valence-electron chi connectivity index (χ0n) is 12.4. The molecule has 0 bridgehead atoms. The minimum Gasteiger partial charge on any atom is -0.392 e. The van der Waals surface area contributed by atoms with Crippen LogP contribution in [0.25, 0.3) is 0 Å². The highest BCUT2D eigenvalue weighted by molar-refractivity contribution is 5.23. The first-order valence-corrected chi connectivity index (χ1v) is 7.53. The number of hydrogen-bond acceptors (Lipinski definition) is 3. The molecular formula is C18H20FNO2. The molecule has 0 amide bonds. The van der Waals surface area contributed by atoms with Crippen LogP contribution in [0.15, 0.2) is 48.5 Å². The molecule has 1 atom stereocenters. The predicted octanol–water partition coefficient (Wildman–Crippen LogP) is 2.89. The van der Waals surface area contributed by atoms with E-state index in [2.05, 4.69) is 4.90 Å². The first-order chi connectivity index (χ1) is 10.8. The third-order valence-corrected chi connectivity index (χ3v) is 4.01. The van der Waals surface area contributed by atoms with Crippen LogP contribution in [-0.4, -0.2) is 29.7 Å². The molecular weight excluding hydrogens is 281 g/mol. The van der Waals surface area contributed by atoms with Crippen LogP contribution in [0.5, 0.6) is 0 Å². The normalized spacial score (nSPS) is 19.3. The topological polar surface area (TPSA) is 32.7 Å².